The number of hydrogen-bond acceptors (Lipinski definition) is 4. The van der Waals surface area contributed by atoms with Crippen molar-refractivity contribution >= 4 is 28.9 Å². The van der Waals surface area contributed by atoms with Gasteiger partial charge in [-0.1, -0.05) is 48.5 Å². The highest BCUT2D eigenvalue weighted by Gasteiger charge is 2.16. The smallest absolute Gasteiger partial charge is 0.325 e. The Hall–Kier alpha value is -3.85. The van der Waals surface area contributed by atoms with E-state index in [2.05, 4.69) is 5.32 Å². The number of nitrogens with one attached hydrogen (secondary N) is 1. The zero-order chi connectivity index (χ0) is 21.5. The first kappa shape index (κ1) is 20.9. The molecular formula is C24H23N3O3. The molecule has 0 saturated heterocycles. The maximum absolute atomic E-state index is 12.7. The standard InChI is InChI=1S/C24H23N3O3/c1-3-30-23(28)16-27-15-20(21-11-7-8-12-22(21)27)13-19(14-25)24(29)26-17(2)18-9-5-4-6-10-18/h4-13,15,17H,3,16H2,1-2H3,(H,26,29)/b19-13-/t17-/m1/s1. The van der Waals surface area contributed by atoms with Crippen LogP contribution in [0.5, 0.6) is 0 Å². The van der Waals surface area contributed by atoms with Gasteiger partial charge in [0.2, 0.25) is 0 Å². The molecule has 1 aromatic heterocycles. The van der Waals surface area contributed by atoms with Crippen LogP contribution in [0.3, 0.4) is 0 Å². The third-order valence-corrected chi connectivity index (χ3v) is 4.74. The molecule has 1 amide bonds. The van der Waals surface area contributed by atoms with E-state index < -0.39 is 5.91 Å². The molecule has 0 aliphatic rings. The highest BCUT2D eigenvalue weighted by atomic mass is 16.5. The number of para-hydroxylation sites is 1. The van der Waals surface area contributed by atoms with Crippen molar-refractivity contribution in [2.24, 2.45) is 0 Å². The number of fused-ring (bicyclic) bond motifs is 1. The van der Waals surface area contributed by atoms with Gasteiger partial charge in [-0.3, -0.25) is 9.59 Å². The maximum atomic E-state index is 12.7. The third-order valence-electron chi connectivity index (χ3n) is 4.74. The minimum atomic E-state index is -0.448. The van der Waals surface area contributed by atoms with Gasteiger partial charge in [0.25, 0.3) is 5.91 Å². The van der Waals surface area contributed by atoms with Gasteiger partial charge in [0.15, 0.2) is 0 Å². The van der Waals surface area contributed by atoms with Crippen molar-refractivity contribution in [1.82, 2.24) is 9.88 Å². The summed E-state index contributed by atoms with van der Waals surface area (Å²) in [6.07, 6.45) is 3.31. The fourth-order valence-electron chi connectivity index (χ4n) is 3.27. The number of benzene rings is 2. The highest BCUT2D eigenvalue weighted by molar-refractivity contribution is 6.04. The SMILES string of the molecule is CCOC(=O)Cn1cc(/C=C(/C#N)C(=O)N[C@H](C)c2ccccc2)c2ccccc21. The Morgan fingerprint density at radius 1 is 1.17 bits per heavy atom. The van der Waals surface area contributed by atoms with Gasteiger partial charge in [0, 0.05) is 22.7 Å². The fraction of sp³-hybridized carbons (Fsp3) is 0.208. The lowest BCUT2D eigenvalue weighted by Crippen LogP contribution is -2.27. The lowest BCUT2D eigenvalue weighted by molar-refractivity contribution is -0.143. The fourth-order valence-corrected chi connectivity index (χ4v) is 3.27. The van der Waals surface area contributed by atoms with Crippen LogP contribution < -0.4 is 5.32 Å². The molecular weight excluding hydrogens is 378 g/mol. The minimum Gasteiger partial charge on any atom is -0.465 e. The van der Waals surface area contributed by atoms with E-state index in [9.17, 15) is 14.9 Å². The summed E-state index contributed by atoms with van der Waals surface area (Å²) < 4.78 is 6.80. The molecule has 0 aliphatic carbocycles. The summed E-state index contributed by atoms with van der Waals surface area (Å²) >= 11 is 0. The van der Waals surface area contributed by atoms with Crippen molar-refractivity contribution in [3.8, 4) is 6.07 Å². The zero-order valence-corrected chi connectivity index (χ0v) is 17.0. The molecule has 0 fully saturated rings. The molecule has 1 atom stereocenters. The van der Waals surface area contributed by atoms with Crippen LogP contribution in [0.1, 0.15) is 31.0 Å². The molecule has 0 bridgehead atoms. The molecule has 0 aliphatic heterocycles. The molecule has 0 spiro atoms. The lowest BCUT2D eigenvalue weighted by Gasteiger charge is -2.13. The number of rotatable bonds is 7. The second-order valence-electron chi connectivity index (χ2n) is 6.81. The van der Waals surface area contributed by atoms with E-state index in [4.69, 9.17) is 4.74 Å². The number of esters is 1. The molecule has 152 valence electrons. The van der Waals surface area contributed by atoms with E-state index in [1.54, 1.807) is 23.8 Å². The monoisotopic (exact) mass is 401 g/mol. The average Bonchev–Trinajstić information content (AvgIpc) is 3.09. The predicted molar refractivity (Wildman–Crippen MR) is 115 cm³/mol. The molecule has 1 heterocycles. The summed E-state index contributed by atoms with van der Waals surface area (Å²) in [6, 6.07) is 18.8. The molecule has 1 N–H and O–H groups in total. The van der Waals surface area contributed by atoms with Crippen LogP contribution in [-0.2, 0) is 20.9 Å². The summed E-state index contributed by atoms with van der Waals surface area (Å²) in [6.45, 7) is 3.99. The second-order valence-corrected chi connectivity index (χ2v) is 6.81. The number of ether oxygens (including phenoxy) is 1. The van der Waals surface area contributed by atoms with Crippen molar-refractivity contribution in [2.45, 2.75) is 26.4 Å². The number of aromatic nitrogens is 1. The molecule has 6 nitrogen and oxygen atoms in total. The van der Waals surface area contributed by atoms with Crippen LogP contribution in [0.2, 0.25) is 0 Å². The Morgan fingerprint density at radius 2 is 1.87 bits per heavy atom. The number of nitriles is 1. The van der Waals surface area contributed by atoms with Crippen LogP contribution >= 0.6 is 0 Å². The molecule has 6 heteroatoms. The summed E-state index contributed by atoms with van der Waals surface area (Å²) in [4.78, 5) is 24.6. The van der Waals surface area contributed by atoms with Crippen molar-refractivity contribution in [1.29, 1.82) is 5.26 Å². The van der Waals surface area contributed by atoms with Crippen LogP contribution in [0, 0.1) is 11.3 Å². The topological polar surface area (TPSA) is 84.1 Å². The van der Waals surface area contributed by atoms with E-state index in [1.807, 2.05) is 67.6 Å². The van der Waals surface area contributed by atoms with Crippen LogP contribution in [-0.4, -0.2) is 23.1 Å². The van der Waals surface area contributed by atoms with Gasteiger partial charge in [0.1, 0.15) is 18.2 Å². The van der Waals surface area contributed by atoms with Crippen molar-refractivity contribution < 1.29 is 14.3 Å². The Balaban J connectivity index is 1.89. The minimum absolute atomic E-state index is 0.00295. The number of carbonyl (C=O) groups is 2. The Morgan fingerprint density at radius 3 is 2.57 bits per heavy atom. The molecule has 0 saturated carbocycles. The number of nitrogens with zero attached hydrogens (tertiary/aromatic N) is 2. The summed E-state index contributed by atoms with van der Waals surface area (Å²) in [5.41, 5.74) is 2.46. The van der Waals surface area contributed by atoms with E-state index in [-0.39, 0.29) is 24.1 Å². The Labute approximate surface area is 175 Å². The summed E-state index contributed by atoms with van der Waals surface area (Å²) in [5.74, 6) is -0.792. The van der Waals surface area contributed by atoms with Crippen molar-refractivity contribution in [3.05, 3.63) is 77.5 Å². The Bertz CT molecular complexity index is 1120. The molecule has 0 unspecified atom stereocenters. The number of hydrogen-bond donors (Lipinski definition) is 1. The van der Waals surface area contributed by atoms with Gasteiger partial charge < -0.3 is 14.6 Å². The van der Waals surface area contributed by atoms with Gasteiger partial charge >= 0.3 is 5.97 Å². The number of carbonyl (C=O) groups excluding carboxylic acids is 2. The van der Waals surface area contributed by atoms with Gasteiger partial charge in [-0.05, 0) is 31.6 Å². The quantitative estimate of drug-likeness (QED) is 0.369. The van der Waals surface area contributed by atoms with E-state index in [1.165, 1.54) is 0 Å². The lowest BCUT2D eigenvalue weighted by atomic mass is 10.1. The number of amides is 1. The van der Waals surface area contributed by atoms with E-state index in [0.29, 0.717) is 12.2 Å². The van der Waals surface area contributed by atoms with Gasteiger partial charge in [-0.25, -0.2) is 0 Å². The summed E-state index contributed by atoms with van der Waals surface area (Å²) in [7, 11) is 0. The van der Waals surface area contributed by atoms with E-state index in [0.717, 1.165) is 16.5 Å². The first-order valence-electron chi connectivity index (χ1n) is 9.74. The van der Waals surface area contributed by atoms with E-state index >= 15 is 0 Å². The summed E-state index contributed by atoms with van der Waals surface area (Å²) in [5, 5.41) is 13.3. The Kier molecular flexibility index (Phi) is 6.66. The second kappa shape index (κ2) is 9.57. The van der Waals surface area contributed by atoms with Gasteiger partial charge in [-0.15, -0.1) is 0 Å². The first-order valence-corrected chi connectivity index (χ1v) is 9.74. The van der Waals surface area contributed by atoms with Gasteiger partial charge in [0.05, 0.1) is 12.6 Å². The van der Waals surface area contributed by atoms with Crippen LogP contribution in [0.25, 0.3) is 17.0 Å². The third kappa shape index (κ3) is 4.76. The molecule has 0 radical (unpaired) electrons. The van der Waals surface area contributed by atoms with Crippen molar-refractivity contribution in [3.63, 3.8) is 0 Å². The largest absolute Gasteiger partial charge is 0.465 e. The van der Waals surface area contributed by atoms with Gasteiger partial charge in [-0.2, -0.15) is 5.26 Å². The highest BCUT2D eigenvalue weighted by Crippen LogP contribution is 2.24. The van der Waals surface area contributed by atoms with Crippen LogP contribution in [0.4, 0.5) is 0 Å². The zero-order valence-electron chi connectivity index (χ0n) is 17.0. The molecule has 3 rings (SSSR count). The first-order chi connectivity index (χ1) is 14.5. The molecule has 2 aromatic carbocycles. The molecule has 3 aromatic rings. The van der Waals surface area contributed by atoms with Crippen LogP contribution in [0.15, 0.2) is 66.4 Å². The van der Waals surface area contributed by atoms with Crippen molar-refractivity contribution in [2.75, 3.05) is 6.61 Å². The average molecular weight is 401 g/mol. The normalized spacial score (nSPS) is 12.2. The predicted octanol–water partition coefficient (Wildman–Crippen LogP) is 3.99. The maximum Gasteiger partial charge on any atom is 0.325 e. The molecule has 30 heavy (non-hydrogen) atoms.